The number of nitrogens with one attached hydrogen (secondary N) is 1. The molecule has 0 aromatic heterocycles. The first-order chi connectivity index (χ1) is 12.9. The quantitative estimate of drug-likeness (QED) is 0.598. The lowest BCUT2D eigenvalue weighted by Gasteiger charge is -2.27. The molecule has 1 aromatic rings. The van der Waals surface area contributed by atoms with Gasteiger partial charge in [0.05, 0.1) is 25.7 Å². The number of sulfone groups is 1. The van der Waals surface area contributed by atoms with Gasteiger partial charge in [0, 0.05) is 25.6 Å². The molecule has 2 rings (SSSR count). The summed E-state index contributed by atoms with van der Waals surface area (Å²) in [5.41, 5.74) is 1.12. The number of benzene rings is 1. The highest BCUT2D eigenvalue weighted by atomic mass is 32.2. The van der Waals surface area contributed by atoms with Crippen molar-refractivity contribution in [2.75, 3.05) is 45.4 Å². The molecule has 1 saturated heterocycles. The highest BCUT2D eigenvalue weighted by Crippen LogP contribution is 2.27. The van der Waals surface area contributed by atoms with E-state index < -0.39 is 9.84 Å². The third kappa shape index (κ3) is 6.10. The van der Waals surface area contributed by atoms with E-state index in [1.807, 2.05) is 25.1 Å². The molecular weight excluding hydrogens is 368 g/mol. The Morgan fingerprint density at radius 3 is 2.56 bits per heavy atom. The van der Waals surface area contributed by atoms with Crippen molar-refractivity contribution in [2.45, 2.75) is 32.2 Å². The molecule has 1 atom stereocenters. The van der Waals surface area contributed by atoms with E-state index in [9.17, 15) is 13.2 Å². The predicted octanol–water partition coefficient (Wildman–Crippen LogP) is 1.26. The predicted molar refractivity (Wildman–Crippen MR) is 105 cm³/mol. The Kier molecular flexibility index (Phi) is 7.91. The first-order valence-corrected chi connectivity index (χ1v) is 11.1. The summed E-state index contributed by atoms with van der Waals surface area (Å²) in [6.07, 6.45) is 1.73. The molecule has 0 aliphatic carbocycles. The topological polar surface area (TPSA) is 84.9 Å². The molecule has 1 aromatic carbocycles. The molecule has 7 nitrogen and oxygen atoms in total. The fourth-order valence-corrected chi connectivity index (χ4v) is 5.12. The van der Waals surface area contributed by atoms with Gasteiger partial charge in [-0.3, -0.25) is 4.79 Å². The van der Waals surface area contributed by atoms with Crippen LogP contribution in [0.2, 0.25) is 0 Å². The van der Waals surface area contributed by atoms with Crippen molar-refractivity contribution in [2.24, 2.45) is 0 Å². The van der Waals surface area contributed by atoms with Crippen molar-refractivity contribution in [1.82, 2.24) is 10.2 Å². The normalized spacial score (nSPS) is 18.3. The molecule has 1 fully saturated rings. The molecule has 152 valence electrons. The van der Waals surface area contributed by atoms with Gasteiger partial charge in [-0.25, -0.2) is 8.42 Å². The van der Waals surface area contributed by atoms with Gasteiger partial charge in [0.1, 0.15) is 0 Å². The molecule has 8 heteroatoms. The second-order valence-electron chi connectivity index (χ2n) is 6.68. The van der Waals surface area contributed by atoms with Gasteiger partial charge in [-0.15, -0.1) is 0 Å². The molecule has 0 spiro atoms. The highest BCUT2D eigenvalue weighted by molar-refractivity contribution is 7.91. The van der Waals surface area contributed by atoms with Crippen molar-refractivity contribution >= 4 is 15.7 Å². The van der Waals surface area contributed by atoms with Crippen LogP contribution < -0.4 is 14.8 Å². The third-order valence-corrected chi connectivity index (χ3v) is 6.61. The van der Waals surface area contributed by atoms with Crippen molar-refractivity contribution in [3.63, 3.8) is 0 Å². The Morgan fingerprint density at radius 2 is 1.96 bits per heavy atom. The first-order valence-electron chi connectivity index (χ1n) is 9.31. The molecule has 0 bridgehead atoms. The number of nitrogens with zero attached hydrogens (tertiary/aromatic N) is 1. The Balaban J connectivity index is 1.73. The molecule has 27 heavy (non-hydrogen) atoms. The minimum absolute atomic E-state index is 0.0122. The molecule has 0 saturated carbocycles. The fourth-order valence-electron chi connectivity index (χ4n) is 3.39. The number of carbonyl (C=O) groups excluding carboxylic acids is 1. The van der Waals surface area contributed by atoms with Gasteiger partial charge in [-0.2, -0.15) is 0 Å². The number of methoxy groups -OCH3 is 2. The molecule has 0 radical (unpaired) electrons. The van der Waals surface area contributed by atoms with E-state index in [4.69, 9.17) is 9.47 Å². The van der Waals surface area contributed by atoms with Crippen molar-refractivity contribution < 1.29 is 22.7 Å². The minimum atomic E-state index is -2.98. The van der Waals surface area contributed by atoms with Crippen LogP contribution in [-0.2, 0) is 21.1 Å². The lowest BCUT2D eigenvalue weighted by atomic mass is 10.1. The van der Waals surface area contributed by atoms with Gasteiger partial charge in [0.25, 0.3) is 0 Å². The molecule has 1 heterocycles. The maximum Gasteiger partial charge on any atom is 0.224 e. The first kappa shape index (κ1) is 21.5. The van der Waals surface area contributed by atoms with Crippen LogP contribution in [0.1, 0.15) is 25.3 Å². The van der Waals surface area contributed by atoms with E-state index in [0.29, 0.717) is 37.4 Å². The lowest BCUT2D eigenvalue weighted by molar-refractivity contribution is -0.132. The molecular formula is C19H30N2O5S. The molecule has 1 aliphatic rings. The number of ether oxygens (including phenoxy) is 2. The van der Waals surface area contributed by atoms with Crippen molar-refractivity contribution in [1.29, 1.82) is 0 Å². The van der Waals surface area contributed by atoms with Crippen molar-refractivity contribution in [3.8, 4) is 11.5 Å². The van der Waals surface area contributed by atoms with Crippen LogP contribution >= 0.6 is 0 Å². The van der Waals surface area contributed by atoms with Crippen LogP contribution in [0.5, 0.6) is 11.5 Å². The number of hydrogen-bond donors (Lipinski definition) is 1. The SMILES string of the molecule is CCN(C(=O)CCNCCc1ccc(OC)c(OC)c1)C1CCS(=O)(=O)C1. The van der Waals surface area contributed by atoms with E-state index in [0.717, 1.165) is 18.5 Å². The van der Waals surface area contributed by atoms with Crippen LogP contribution in [0.15, 0.2) is 18.2 Å². The summed E-state index contributed by atoms with van der Waals surface area (Å²) in [5, 5.41) is 3.28. The monoisotopic (exact) mass is 398 g/mol. The zero-order chi connectivity index (χ0) is 19.9. The maximum absolute atomic E-state index is 12.4. The summed E-state index contributed by atoms with van der Waals surface area (Å²) in [4.78, 5) is 14.1. The van der Waals surface area contributed by atoms with Crippen LogP contribution in [0.25, 0.3) is 0 Å². The summed E-state index contributed by atoms with van der Waals surface area (Å²) in [6, 6.07) is 5.66. The van der Waals surface area contributed by atoms with Gasteiger partial charge in [-0.05, 0) is 44.0 Å². The number of carbonyl (C=O) groups is 1. The Morgan fingerprint density at radius 1 is 1.22 bits per heavy atom. The second-order valence-corrected chi connectivity index (χ2v) is 8.90. The second kappa shape index (κ2) is 9.94. The average molecular weight is 399 g/mol. The smallest absolute Gasteiger partial charge is 0.224 e. The zero-order valence-electron chi connectivity index (χ0n) is 16.4. The van der Waals surface area contributed by atoms with Gasteiger partial charge in [-0.1, -0.05) is 6.07 Å². The van der Waals surface area contributed by atoms with Gasteiger partial charge >= 0.3 is 0 Å². The van der Waals surface area contributed by atoms with E-state index in [2.05, 4.69) is 5.32 Å². The Bertz CT molecular complexity index is 736. The van der Waals surface area contributed by atoms with Crippen LogP contribution in [0.3, 0.4) is 0 Å². The Labute approximate surface area is 161 Å². The Hall–Kier alpha value is -1.80. The lowest BCUT2D eigenvalue weighted by Crippen LogP contribution is -2.42. The van der Waals surface area contributed by atoms with E-state index >= 15 is 0 Å². The van der Waals surface area contributed by atoms with Crippen LogP contribution in [0, 0.1) is 0 Å². The zero-order valence-corrected chi connectivity index (χ0v) is 17.2. The van der Waals surface area contributed by atoms with Gasteiger partial charge in [0.2, 0.25) is 5.91 Å². The maximum atomic E-state index is 12.4. The summed E-state index contributed by atoms with van der Waals surface area (Å²) in [7, 11) is 0.236. The minimum Gasteiger partial charge on any atom is -0.493 e. The molecule has 1 amide bonds. The van der Waals surface area contributed by atoms with E-state index in [1.54, 1.807) is 19.1 Å². The molecule has 1 unspecified atom stereocenters. The summed E-state index contributed by atoms with van der Waals surface area (Å²) >= 11 is 0. The number of amides is 1. The largest absolute Gasteiger partial charge is 0.493 e. The van der Waals surface area contributed by atoms with Crippen LogP contribution in [0.4, 0.5) is 0 Å². The average Bonchev–Trinajstić information content (AvgIpc) is 3.01. The summed E-state index contributed by atoms with van der Waals surface area (Å²) < 4.78 is 33.8. The third-order valence-electron chi connectivity index (χ3n) is 4.86. The highest BCUT2D eigenvalue weighted by Gasteiger charge is 2.33. The van der Waals surface area contributed by atoms with Crippen molar-refractivity contribution in [3.05, 3.63) is 23.8 Å². The summed E-state index contributed by atoms with van der Waals surface area (Å²) in [6.45, 7) is 3.76. The van der Waals surface area contributed by atoms with E-state index in [-0.39, 0.29) is 23.5 Å². The standard InChI is InChI=1S/C19H30N2O5S/c1-4-21(16-9-12-27(23,24)14-16)19(22)8-11-20-10-7-15-5-6-17(25-2)18(13-15)26-3/h5-6,13,16,20H,4,7-12,14H2,1-3H3. The van der Waals surface area contributed by atoms with Gasteiger partial charge < -0.3 is 19.7 Å². The molecule has 1 aliphatic heterocycles. The molecule has 1 N–H and O–H groups in total. The fraction of sp³-hybridized carbons (Fsp3) is 0.632. The number of hydrogen-bond acceptors (Lipinski definition) is 6. The summed E-state index contributed by atoms with van der Waals surface area (Å²) in [5.74, 6) is 1.70. The number of rotatable bonds is 10. The van der Waals surface area contributed by atoms with Crippen LogP contribution in [-0.4, -0.2) is 70.6 Å². The van der Waals surface area contributed by atoms with Gasteiger partial charge in [0.15, 0.2) is 21.3 Å². The van der Waals surface area contributed by atoms with E-state index in [1.165, 1.54) is 0 Å².